The maximum absolute atomic E-state index is 12.4. The van der Waals surface area contributed by atoms with Gasteiger partial charge in [0.1, 0.15) is 0 Å². The molecule has 3 fully saturated rings. The first-order chi connectivity index (χ1) is 9.22. The van der Waals surface area contributed by atoms with E-state index in [1.807, 2.05) is 11.8 Å². The zero-order chi connectivity index (χ0) is 13.3. The van der Waals surface area contributed by atoms with Crippen molar-refractivity contribution >= 4 is 17.7 Å². The lowest BCUT2D eigenvalue weighted by molar-refractivity contribution is -0.125. The lowest BCUT2D eigenvalue weighted by Gasteiger charge is -2.36. The first-order valence-corrected chi connectivity index (χ1v) is 9.04. The van der Waals surface area contributed by atoms with E-state index in [2.05, 4.69) is 16.9 Å². The number of fused-ring (bicyclic) bond motifs is 2. The summed E-state index contributed by atoms with van der Waals surface area (Å²) in [6.07, 6.45) is 12.3. The first-order valence-electron chi connectivity index (χ1n) is 7.81. The summed E-state index contributed by atoms with van der Waals surface area (Å²) >= 11 is 1.96. The molecule has 3 rings (SSSR count). The first kappa shape index (κ1) is 13.7. The van der Waals surface area contributed by atoms with Crippen LogP contribution in [0.3, 0.4) is 0 Å². The number of carbonyl (C=O) groups is 1. The van der Waals surface area contributed by atoms with Crippen LogP contribution in [0.15, 0.2) is 0 Å². The van der Waals surface area contributed by atoms with Gasteiger partial charge in [-0.25, -0.2) is 0 Å². The topological polar surface area (TPSA) is 41.1 Å². The Morgan fingerprint density at radius 3 is 2.68 bits per heavy atom. The molecular weight excluding hydrogens is 256 g/mol. The molecule has 0 radical (unpaired) electrons. The van der Waals surface area contributed by atoms with Crippen LogP contribution in [0.1, 0.15) is 51.4 Å². The number of thioether (sulfide) groups is 1. The third-order valence-corrected chi connectivity index (χ3v) is 6.84. The van der Waals surface area contributed by atoms with E-state index in [9.17, 15) is 4.79 Å². The Morgan fingerprint density at radius 2 is 2.11 bits per heavy atom. The molecule has 1 saturated carbocycles. The SMILES string of the molecule is CSC1(CNC(=O)C2CC3CCC2N3)CCCCC1. The molecule has 3 nitrogen and oxygen atoms in total. The lowest BCUT2D eigenvalue weighted by atomic mass is 9.86. The molecule has 2 aliphatic heterocycles. The monoisotopic (exact) mass is 282 g/mol. The molecule has 3 unspecified atom stereocenters. The van der Waals surface area contributed by atoms with Crippen molar-refractivity contribution in [3.63, 3.8) is 0 Å². The van der Waals surface area contributed by atoms with E-state index in [1.54, 1.807) is 0 Å². The van der Waals surface area contributed by atoms with Crippen molar-refractivity contribution in [2.45, 2.75) is 68.2 Å². The summed E-state index contributed by atoms with van der Waals surface area (Å²) in [7, 11) is 0. The third kappa shape index (κ3) is 2.80. The van der Waals surface area contributed by atoms with Crippen LogP contribution in [0, 0.1) is 5.92 Å². The minimum Gasteiger partial charge on any atom is -0.354 e. The lowest BCUT2D eigenvalue weighted by Crippen LogP contribution is -2.45. The van der Waals surface area contributed by atoms with Gasteiger partial charge in [0, 0.05) is 23.4 Å². The standard InChI is InChI=1S/C15H26N2OS/c1-19-15(7-3-2-4-8-15)10-16-14(18)12-9-11-5-6-13(12)17-11/h11-13,17H,2-10H2,1H3,(H,16,18). The van der Waals surface area contributed by atoms with Gasteiger partial charge in [0.2, 0.25) is 5.91 Å². The summed E-state index contributed by atoms with van der Waals surface area (Å²) in [5, 5.41) is 6.83. The fraction of sp³-hybridized carbons (Fsp3) is 0.933. The summed E-state index contributed by atoms with van der Waals surface area (Å²) in [6.45, 7) is 0.876. The fourth-order valence-electron chi connectivity index (χ4n) is 4.14. The molecule has 0 aromatic heterocycles. The number of nitrogens with one attached hydrogen (secondary N) is 2. The summed E-state index contributed by atoms with van der Waals surface area (Å²) in [5.74, 6) is 0.542. The van der Waals surface area contributed by atoms with Crippen molar-refractivity contribution in [2.75, 3.05) is 12.8 Å². The van der Waals surface area contributed by atoms with Gasteiger partial charge in [0.15, 0.2) is 0 Å². The zero-order valence-electron chi connectivity index (χ0n) is 11.9. The smallest absolute Gasteiger partial charge is 0.224 e. The number of carbonyl (C=O) groups excluding carboxylic acids is 1. The van der Waals surface area contributed by atoms with Crippen LogP contribution in [0.5, 0.6) is 0 Å². The molecule has 1 aliphatic carbocycles. The number of hydrogen-bond acceptors (Lipinski definition) is 3. The second-order valence-electron chi connectivity index (χ2n) is 6.56. The molecule has 3 aliphatic rings. The Labute approximate surface area is 120 Å². The summed E-state index contributed by atoms with van der Waals surface area (Å²) in [4.78, 5) is 12.4. The van der Waals surface area contributed by atoms with Crippen molar-refractivity contribution in [1.82, 2.24) is 10.6 Å². The predicted molar refractivity (Wildman–Crippen MR) is 80.4 cm³/mol. The molecule has 2 heterocycles. The van der Waals surface area contributed by atoms with E-state index < -0.39 is 0 Å². The van der Waals surface area contributed by atoms with Crippen LogP contribution < -0.4 is 10.6 Å². The Bertz CT molecular complexity index is 341. The van der Waals surface area contributed by atoms with Gasteiger partial charge >= 0.3 is 0 Å². The molecule has 2 saturated heterocycles. The highest BCUT2D eigenvalue weighted by atomic mass is 32.2. The highest BCUT2D eigenvalue weighted by molar-refractivity contribution is 8.00. The Kier molecular flexibility index (Phi) is 4.08. The second kappa shape index (κ2) is 5.65. The van der Waals surface area contributed by atoms with Gasteiger partial charge in [0.05, 0.1) is 5.92 Å². The largest absolute Gasteiger partial charge is 0.354 e. The molecule has 1 amide bonds. The van der Waals surface area contributed by atoms with Crippen LogP contribution in [0.25, 0.3) is 0 Å². The molecule has 0 aromatic rings. The van der Waals surface area contributed by atoms with Crippen molar-refractivity contribution < 1.29 is 4.79 Å². The normalized spacial score (nSPS) is 36.4. The highest BCUT2D eigenvalue weighted by Gasteiger charge is 2.43. The van der Waals surface area contributed by atoms with Crippen molar-refractivity contribution in [3.8, 4) is 0 Å². The summed E-state index contributed by atoms with van der Waals surface area (Å²) in [6, 6.07) is 1.08. The van der Waals surface area contributed by atoms with Gasteiger partial charge in [-0.3, -0.25) is 4.79 Å². The molecule has 3 atom stereocenters. The average Bonchev–Trinajstić information content (AvgIpc) is 3.08. The summed E-state index contributed by atoms with van der Waals surface area (Å²) < 4.78 is 0.318. The van der Waals surface area contributed by atoms with E-state index in [4.69, 9.17) is 0 Å². The maximum Gasteiger partial charge on any atom is 0.224 e. The minimum absolute atomic E-state index is 0.237. The number of rotatable bonds is 4. The molecule has 19 heavy (non-hydrogen) atoms. The second-order valence-corrected chi connectivity index (χ2v) is 7.83. The van der Waals surface area contributed by atoms with Crippen LogP contribution in [0.4, 0.5) is 0 Å². The van der Waals surface area contributed by atoms with Gasteiger partial charge in [0.25, 0.3) is 0 Å². The highest BCUT2D eigenvalue weighted by Crippen LogP contribution is 2.38. The Morgan fingerprint density at radius 1 is 1.32 bits per heavy atom. The minimum atomic E-state index is 0.237. The van der Waals surface area contributed by atoms with Gasteiger partial charge < -0.3 is 10.6 Å². The molecular formula is C15H26N2OS. The Balaban J connectivity index is 1.52. The van der Waals surface area contributed by atoms with Crippen molar-refractivity contribution in [3.05, 3.63) is 0 Å². The van der Waals surface area contributed by atoms with Crippen LogP contribution in [0.2, 0.25) is 0 Å². The van der Waals surface area contributed by atoms with Crippen molar-refractivity contribution in [1.29, 1.82) is 0 Å². The molecule has 0 aromatic carbocycles. The number of hydrogen-bond donors (Lipinski definition) is 2. The quantitative estimate of drug-likeness (QED) is 0.831. The third-order valence-electron chi connectivity index (χ3n) is 5.42. The van der Waals surface area contributed by atoms with Crippen molar-refractivity contribution in [2.24, 2.45) is 5.92 Å². The van der Waals surface area contributed by atoms with Gasteiger partial charge in [-0.15, -0.1) is 0 Å². The fourth-order valence-corrected chi connectivity index (χ4v) is 5.06. The predicted octanol–water partition coefficient (Wildman–Crippen LogP) is 2.31. The van der Waals surface area contributed by atoms with E-state index in [0.29, 0.717) is 22.7 Å². The van der Waals surface area contributed by atoms with E-state index in [1.165, 1.54) is 44.9 Å². The van der Waals surface area contributed by atoms with E-state index in [0.717, 1.165) is 13.0 Å². The molecule has 2 bridgehead atoms. The van der Waals surface area contributed by atoms with Crippen LogP contribution >= 0.6 is 11.8 Å². The van der Waals surface area contributed by atoms with Crippen LogP contribution in [-0.2, 0) is 4.79 Å². The van der Waals surface area contributed by atoms with Crippen LogP contribution in [-0.4, -0.2) is 35.5 Å². The van der Waals surface area contributed by atoms with Gasteiger partial charge in [-0.05, 0) is 38.4 Å². The van der Waals surface area contributed by atoms with Gasteiger partial charge in [-0.1, -0.05) is 19.3 Å². The van der Waals surface area contributed by atoms with E-state index >= 15 is 0 Å². The molecule has 0 spiro atoms. The maximum atomic E-state index is 12.4. The summed E-state index contributed by atoms with van der Waals surface area (Å²) in [5.41, 5.74) is 0. The zero-order valence-corrected chi connectivity index (χ0v) is 12.7. The molecule has 108 valence electrons. The Hall–Kier alpha value is -0.220. The average molecular weight is 282 g/mol. The number of amides is 1. The molecule has 2 N–H and O–H groups in total. The molecule has 4 heteroatoms. The van der Waals surface area contributed by atoms with Gasteiger partial charge in [-0.2, -0.15) is 11.8 Å². The van der Waals surface area contributed by atoms with E-state index in [-0.39, 0.29) is 5.92 Å².